The van der Waals surface area contributed by atoms with E-state index in [-0.39, 0.29) is 34.7 Å². The van der Waals surface area contributed by atoms with Gasteiger partial charge < -0.3 is 15.4 Å². The summed E-state index contributed by atoms with van der Waals surface area (Å²) in [5, 5.41) is 6.22. The smallest absolute Gasteiger partial charge is 0.251 e. The van der Waals surface area contributed by atoms with Crippen LogP contribution in [0.2, 0.25) is 0 Å². The topological polar surface area (TPSA) is 50.4 Å². The first-order chi connectivity index (χ1) is 6.26. The Morgan fingerprint density at radius 3 is 2.64 bits per heavy atom. The molecular weight excluding hydrogens is 248 g/mol. The minimum atomic E-state index is -0.344. The number of piperidine rings is 1. The normalized spacial score (nSPS) is 29.8. The molecule has 2 aliphatic rings. The van der Waals surface area contributed by atoms with Gasteiger partial charge in [-0.15, -0.1) is 17.0 Å². The lowest BCUT2D eigenvalue weighted by Crippen LogP contribution is -2.50. The molecule has 1 amide bonds. The van der Waals surface area contributed by atoms with Crippen LogP contribution in [0.1, 0.15) is 26.2 Å². The van der Waals surface area contributed by atoms with Gasteiger partial charge in [-0.1, -0.05) is 6.92 Å². The van der Waals surface area contributed by atoms with Crippen molar-refractivity contribution in [2.45, 2.75) is 38.0 Å². The van der Waals surface area contributed by atoms with E-state index < -0.39 is 0 Å². The first kappa shape index (κ1) is 11.9. The van der Waals surface area contributed by atoms with Crippen molar-refractivity contribution in [2.75, 3.05) is 13.1 Å². The molecule has 0 radical (unpaired) electrons. The summed E-state index contributed by atoms with van der Waals surface area (Å²) in [4.78, 5) is 11.4. The molecule has 82 valence electrons. The van der Waals surface area contributed by atoms with Crippen molar-refractivity contribution in [2.24, 2.45) is 0 Å². The van der Waals surface area contributed by atoms with E-state index in [0.717, 1.165) is 32.4 Å². The maximum atomic E-state index is 11.4. The monoisotopic (exact) mass is 264 g/mol. The van der Waals surface area contributed by atoms with Gasteiger partial charge in [0.1, 0.15) is 11.8 Å². The molecule has 2 aliphatic heterocycles. The predicted molar refractivity (Wildman–Crippen MR) is 58.5 cm³/mol. The summed E-state index contributed by atoms with van der Waals surface area (Å²) in [6.45, 7) is 3.83. The lowest BCUT2D eigenvalue weighted by atomic mass is 10.0. The number of nitrogens with one attached hydrogen (secondary N) is 2. The second-order valence-electron chi connectivity index (χ2n) is 3.75. The largest absolute Gasteiger partial charge is 0.343 e. The third-order valence-corrected chi connectivity index (χ3v) is 2.79. The van der Waals surface area contributed by atoms with Crippen LogP contribution in [0.3, 0.4) is 0 Å². The van der Waals surface area contributed by atoms with Crippen molar-refractivity contribution in [3.05, 3.63) is 0 Å². The first-order valence-electron chi connectivity index (χ1n) is 4.96. The summed E-state index contributed by atoms with van der Waals surface area (Å²) in [6, 6.07) is 0. The van der Waals surface area contributed by atoms with Gasteiger partial charge in [-0.3, -0.25) is 4.79 Å². The van der Waals surface area contributed by atoms with Crippen LogP contribution in [0.4, 0.5) is 0 Å². The van der Waals surface area contributed by atoms with Crippen molar-refractivity contribution < 1.29 is 9.53 Å². The van der Waals surface area contributed by atoms with Crippen LogP contribution in [0.25, 0.3) is 0 Å². The summed E-state index contributed by atoms with van der Waals surface area (Å²) in [7, 11) is 0. The highest BCUT2D eigenvalue weighted by Crippen LogP contribution is 2.27. The third-order valence-electron chi connectivity index (χ3n) is 2.79. The van der Waals surface area contributed by atoms with E-state index in [4.69, 9.17) is 4.74 Å². The van der Waals surface area contributed by atoms with Gasteiger partial charge in [0, 0.05) is 12.8 Å². The second kappa shape index (κ2) is 4.59. The zero-order valence-electron chi connectivity index (χ0n) is 8.34. The molecule has 0 saturated carbocycles. The zero-order valence-corrected chi connectivity index (χ0v) is 10.1. The van der Waals surface area contributed by atoms with E-state index in [9.17, 15) is 4.79 Å². The van der Waals surface area contributed by atoms with Gasteiger partial charge in [0.25, 0.3) is 5.91 Å². The molecule has 5 heteroatoms. The first-order valence-corrected chi connectivity index (χ1v) is 4.96. The molecule has 2 N–H and O–H groups in total. The number of halogens is 1. The minimum absolute atomic E-state index is 0. The van der Waals surface area contributed by atoms with Gasteiger partial charge in [-0.2, -0.15) is 0 Å². The van der Waals surface area contributed by atoms with Crippen LogP contribution < -0.4 is 10.6 Å². The molecule has 0 aliphatic carbocycles. The number of rotatable bonds is 1. The molecule has 2 heterocycles. The van der Waals surface area contributed by atoms with Crippen LogP contribution >= 0.6 is 17.0 Å². The number of amides is 1. The Hall–Kier alpha value is -0.130. The van der Waals surface area contributed by atoms with Gasteiger partial charge in [0.2, 0.25) is 0 Å². The molecule has 2 saturated heterocycles. The molecule has 2 rings (SSSR count). The third kappa shape index (κ3) is 2.10. The average molecular weight is 265 g/mol. The number of carbonyl (C=O) groups is 1. The van der Waals surface area contributed by atoms with Crippen LogP contribution in [-0.4, -0.2) is 30.8 Å². The Kier molecular flexibility index (Phi) is 3.92. The lowest BCUT2D eigenvalue weighted by Gasteiger charge is -2.32. The summed E-state index contributed by atoms with van der Waals surface area (Å²) in [5.41, 5.74) is -0.344. The molecule has 0 bridgehead atoms. The highest BCUT2D eigenvalue weighted by atomic mass is 79.9. The summed E-state index contributed by atoms with van der Waals surface area (Å²) >= 11 is 0. The Bertz CT molecular complexity index is 217. The number of hydrogen-bond acceptors (Lipinski definition) is 3. The van der Waals surface area contributed by atoms with Gasteiger partial charge in [0.05, 0.1) is 0 Å². The lowest BCUT2D eigenvalue weighted by molar-refractivity contribution is -0.124. The SMILES string of the molecule is Br.CCC1OC2(CCNCC2)NC1=O. The molecule has 0 aromatic rings. The molecule has 14 heavy (non-hydrogen) atoms. The molecular formula is C9H17BrN2O2. The molecule has 1 atom stereocenters. The van der Waals surface area contributed by atoms with Gasteiger partial charge in [0.15, 0.2) is 0 Å². The Morgan fingerprint density at radius 2 is 2.14 bits per heavy atom. The predicted octanol–water partition coefficient (Wildman–Crippen LogP) is 0.569. The van der Waals surface area contributed by atoms with Gasteiger partial charge in [-0.25, -0.2) is 0 Å². The maximum absolute atomic E-state index is 11.4. The van der Waals surface area contributed by atoms with Crippen LogP contribution in [0, 0.1) is 0 Å². The second-order valence-corrected chi connectivity index (χ2v) is 3.75. The number of ether oxygens (including phenoxy) is 1. The quantitative estimate of drug-likeness (QED) is 0.728. The van der Waals surface area contributed by atoms with Crippen LogP contribution in [0.15, 0.2) is 0 Å². The fourth-order valence-electron chi connectivity index (χ4n) is 2.00. The standard InChI is InChI=1S/C9H16N2O2.BrH/c1-2-7-8(12)11-9(13-7)3-5-10-6-4-9;/h7,10H,2-6H2,1H3,(H,11,12);1H. The fraction of sp³-hybridized carbons (Fsp3) is 0.889. The van der Waals surface area contributed by atoms with Crippen molar-refractivity contribution >= 4 is 22.9 Å². The van der Waals surface area contributed by atoms with Crippen LogP contribution in [-0.2, 0) is 9.53 Å². The van der Waals surface area contributed by atoms with E-state index in [1.165, 1.54) is 0 Å². The molecule has 1 spiro atoms. The molecule has 0 aromatic heterocycles. The molecule has 0 aromatic carbocycles. The molecule has 1 unspecified atom stereocenters. The summed E-state index contributed by atoms with van der Waals surface area (Å²) in [5.74, 6) is 0.0596. The maximum Gasteiger partial charge on any atom is 0.251 e. The molecule has 4 nitrogen and oxygen atoms in total. The van der Waals surface area contributed by atoms with Crippen molar-refractivity contribution in [1.29, 1.82) is 0 Å². The number of carbonyl (C=O) groups excluding carboxylic acids is 1. The van der Waals surface area contributed by atoms with E-state index >= 15 is 0 Å². The Labute approximate surface area is 94.5 Å². The summed E-state index contributed by atoms with van der Waals surface area (Å²) < 4.78 is 5.75. The summed E-state index contributed by atoms with van der Waals surface area (Å²) in [6.07, 6.45) is 2.31. The zero-order chi connectivity index (χ0) is 9.31. The van der Waals surface area contributed by atoms with Crippen LogP contribution in [0.5, 0.6) is 0 Å². The highest BCUT2D eigenvalue weighted by Gasteiger charge is 2.44. The van der Waals surface area contributed by atoms with E-state index in [2.05, 4.69) is 10.6 Å². The van der Waals surface area contributed by atoms with E-state index in [0.29, 0.717) is 0 Å². The van der Waals surface area contributed by atoms with Crippen molar-refractivity contribution in [1.82, 2.24) is 10.6 Å². The minimum Gasteiger partial charge on any atom is -0.343 e. The number of hydrogen-bond donors (Lipinski definition) is 2. The molecule has 2 fully saturated rings. The Morgan fingerprint density at radius 1 is 1.50 bits per heavy atom. The highest BCUT2D eigenvalue weighted by molar-refractivity contribution is 8.93. The van der Waals surface area contributed by atoms with Crippen molar-refractivity contribution in [3.8, 4) is 0 Å². The fourth-order valence-corrected chi connectivity index (χ4v) is 2.00. The van der Waals surface area contributed by atoms with Gasteiger partial charge in [-0.05, 0) is 19.5 Å². The van der Waals surface area contributed by atoms with Gasteiger partial charge >= 0.3 is 0 Å². The Balaban J connectivity index is 0.000000980. The average Bonchev–Trinajstić information content (AvgIpc) is 2.44. The van der Waals surface area contributed by atoms with E-state index in [1.807, 2.05) is 6.92 Å². The van der Waals surface area contributed by atoms with E-state index in [1.54, 1.807) is 0 Å². The van der Waals surface area contributed by atoms with Crippen molar-refractivity contribution in [3.63, 3.8) is 0 Å².